The van der Waals surface area contributed by atoms with Crippen molar-refractivity contribution in [3.05, 3.63) is 95.0 Å². The maximum Gasteiger partial charge on any atom is 0.341 e. The van der Waals surface area contributed by atoms with Crippen LogP contribution in [0, 0.1) is 0 Å². The lowest BCUT2D eigenvalue weighted by Crippen LogP contribution is -2.31. The van der Waals surface area contributed by atoms with Crippen molar-refractivity contribution < 1.29 is 24.2 Å². The van der Waals surface area contributed by atoms with E-state index in [-0.39, 0.29) is 5.91 Å². The topological polar surface area (TPSA) is 104 Å². The van der Waals surface area contributed by atoms with Crippen molar-refractivity contribution in [1.82, 2.24) is 9.88 Å². The molecule has 3 aromatic carbocycles. The molecule has 1 amide bonds. The molecule has 0 bridgehead atoms. The minimum Gasteiger partial charge on any atom is -0.497 e. The summed E-state index contributed by atoms with van der Waals surface area (Å²) in [6.45, 7) is 0.0628. The van der Waals surface area contributed by atoms with Gasteiger partial charge in [0.05, 0.1) is 17.7 Å². The number of hydrogen-bond donors (Lipinski definition) is 2. The van der Waals surface area contributed by atoms with E-state index in [0.29, 0.717) is 28.8 Å². The van der Waals surface area contributed by atoms with Gasteiger partial charge in [0.1, 0.15) is 11.5 Å². The molecule has 1 aliphatic heterocycles. The predicted molar refractivity (Wildman–Crippen MR) is 149 cm³/mol. The number of thioether (sulfide) groups is 1. The van der Waals surface area contributed by atoms with Gasteiger partial charge in [-0.1, -0.05) is 30.3 Å². The quantitative estimate of drug-likeness (QED) is 0.279. The van der Waals surface area contributed by atoms with Gasteiger partial charge in [-0.3, -0.25) is 9.69 Å². The zero-order valence-corrected chi connectivity index (χ0v) is 21.4. The molecule has 9 heteroatoms. The number of aliphatic carboxylic acids is 1. The number of para-hydroxylation sites is 1. The van der Waals surface area contributed by atoms with Crippen molar-refractivity contribution in [3.8, 4) is 11.5 Å². The highest BCUT2D eigenvalue weighted by Crippen LogP contribution is 2.35. The van der Waals surface area contributed by atoms with Crippen LogP contribution >= 0.6 is 11.8 Å². The molecule has 2 N–H and O–H groups in total. The Kier molecular flexibility index (Phi) is 7.46. The molecule has 0 atom stereocenters. The van der Waals surface area contributed by atoms with E-state index in [4.69, 9.17) is 19.6 Å². The predicted octanol–water partition coefficient (Wildman–Crippen LogP) is 5.49. The van der Waals surface area contributed by atoms with Crippen LogP contribution in [0.3, 0.4) is 0 Å². The van der Waals surface area contributed by atoms with Crippen LogP contribution in [0.5, 0.6) is 11.5 Å². The van der Waals surface area contributed by atoms with Crippen molar-refractivity contribution in [2.45, 2.75) is 6.42 Å². The molecule has 1 fully saturated rings. The van der Waals surface area contributed by atoms with E-state index >= 15 is 0 Å². The summed E-state index contributed by atoms with van der Waals surface area (Å²) >= 11 is 1.33. The number of methoxy groups -OCH3 is 1. The van der Waals surface area contributed by atoms with Gasteiger partial charge in [0, 0.05) is 23.6 Å². The number of amides is 1. The number of carboxylic acids is 1. The molecule has 1 aromatic heterocycles. The Morgan fingerprint density at radius 2 is 1.79 bits per heavy atom. The minimum absolute atomic E-state index is 0.117. The van der Waals surface area contributed by atoms with E-state index < -0.39 is 12.6 Å². The second-order valence-electron chi connectivity index (χ2n) is 8.52. The smallest absolute Gasteiger partial charge is 0.341 e. The van der Waals surface area contributed by atoms with Gasteiger partial charge < -0.3 is 19.6 Å². The molecule has 0 radical (unpaired) electrons. The third-order valence-electron chi connectivity index (χ3n) is 6.01. The number of hydrogen-bond acceptors (Lipinski definition) is 6. The lowest BCUT2D eigenvalue weighted by molar-refractivity contribution is -0.139. The van der Waals surface area contributed by atoms with Crippen molar-refractivity contribution >= 4 is 51.5 Å². The molecule has 5 rings (SSSR count). The fourth-order valence-electron chi connectivity index (χ4n) is 4.08. The number of carboxylic acid groups (broad SMARTS) is 1. The molecule has 192 valence electrons. The number of fused-ring (bicyclic) bond motifs is 1. The van der Waals surface area contributed by atoms with Gasteiger partial charge >= 0.3 is 5.97 Å². The van der Waals surface area contributed by atoms with Crippen molar-refractivity contribution in [3.63, 3.8) is 0 Å². The highest BCUT2D eigenvalue weighted by atomic mass is 32.2. The maximum absolute atomic E-state index is 13.5. The summed E-state index contributed by atoms with van der Waals surface area (Å²) in [4.78, 5) is 34.6. The SMILES string of the molecule is COc1ccc(N=C2SC(=Cc3ccc(OCC(=O)O)cc3)C(=O)N2CCc2c[nH]c3ccccc23)cc1. The largest absolute Gasteiger partial charge is 0.497 e. The number of carbonyl (C=O) groups is 2. The Morgan fingerprint density at radius 1 is 1.05 bits per heavy atom. The average Bonchev–Trinajstić information content (AvgIpc) is 3.47. The summed E-state index contributed by atoms with van der Waals surface area (Å²) < 4.78 is 10.4. The molecule has 1 aliphatic rings. The molecule has 0 spiro atoms. The number of H-pyrrole nitrogens is 1. The third kappa shape index (κ3) is 5.73. The summed E-state index contributed by atoms with van der Waals surface area (Å²) in [5.41, 5.74) is 3.72. The van der Waals surface area contributed by atoms with Crippen molar-refractivity contribution in [2.24, 2.45) is 4.99 Å². The first-order valence-corrected chi connectivity index (χ1v) is 12.8. The molecule has 0 unspecified atom stereocenters. The average molecular weight is 528 g/mol. The number of aliphatic imine (C=N–C) groups is 1. The second kappa shape index (κ2) is 11.3. The van der Waals surface area contributed by atoms with Crippen LogP contribution in [0.2, 0.25) is 0 Å². The van der Waals surface area contributed by atoms with Crippen LogP contribution < -0.4 is 9.47 Å². The van der Waals surface area contributed by atoms with Crippen molar-refractivity contribution in [1.29, 1.82) is 0 Å². The van der Waals surface area contributed by atoms with Crippen LogP contribution in [0.15, 0.2) is 88.9 Å². The maximum atomic E-state index is 13.5. The highest BCUT2D eigenvalue weighted by Gasteiger charge is 2.33. The highest BCUT2D eigenvalue weighted by molar-refractivity contribution is 8.18. The van der Waals surface area contributed by atoms with Crippen molar-refractivity contribution in [2.75, 3.05) is 20.3 Å². The van der Waals surface area contributed by atoms with Gasteiger partial charge in [0.15, 0.2) is 11.8 Å². The number of aromatic amines is 1. The number of ether oxygens (including phenoxy) is 2. The fourth-order valence-corrected chi connectivity index (χ4v) is 5.11. The molecule has 1 saturated heterocycles. The molecule has 0 saturated carbocycles. The second-order valence-corrected chi connectivity index (χ2v) is 9.53. The molecule has 8 nitrogen and oxygen atoms in total. The fraction of sp³-hybridized carbons (Fsp3) is 0.138. The van der Waals surface area contributed by atoms with Crippen LogP contribution in [-0.2, 0) is 16.0 Å². The van der Waals surface area contributed by atoms with Crippen LogP contribution in [0.25, 0.3) is 17.0 Å². The Balaban J connectivity index is 1.40. The van der Waals surface area contributed by atoms with Crippen LogP contribution in [-0.4, -0.2) is 52.3 Å². The van der Waals surface area contributed by atoms with Gasteiger partial charge in [0.25, 0.3) is 5.91 Å². The number of carbonyl (C=O) groups excluding carboxylic acids is 1. The molecular weight excluding hydrogens is 502 g/mol. The zero-order valence-electron chi connectivity index (χ0n) is 20.6. The number of aromatic nitrogens is 1. The van der Waals surface area contributed by atoms with Gasteiger partial charge in [-0.25, -0.2) is 9.79 Å². The first-order valence-electron chi connectivity index (χ1n) is 11.9. The third-order valence-corrected chi connectivity index (χ3v) is 7.01. The van der Waals surface area contributed by atoms with E-state index in [0.717, 1.165) is 33.5 Å². The number of nitrogens with zero attached hydrogens (tertiary/aromatic N) is 2. The summed E-state index contributed by atoms with van der Waals surface area (Å²) in [5, 5.41) is 10.5. The number of rotatable bonds is 9. The molecule has 38 heavy (non-hydrogen) atoms. The summed E-state index contributed by atoms with van der Waals surface area (Å²) in [6, 6.07) is 22.4. The number of benzene rings is 3. The van der Waals surface area contributed by atoms with E-state index in [1.165, 1.54) is 11.8 Å². The lowest BCUT2D eigenvalue weighted by atomic mass is 10.1. The molecule has 4 aromatic rings. The Hall–Kier alpha value is -4.50. The number of nitrogens with one attached hydrogen (secondary N) is 1. The normalized spacial score (nSPS) is 15.5. The van der Waals surface area contributed by atoms with Crippen LogP contribution in [0.4, 0.5) is 5.69 Å². The monoisotopic (exact) mass is 527 g/mol. The molecule has 2 heterocycles. The number of amidine groups is 1. The summed E-state index contributed by atoms with van der Waals surface area (Å²) in [5.74, 6) is 0.0209. The van der Waals surface area contributed by atoms with E-state index in [9.17, 15) is 9.59 Å². The minimum atomic E-state index is -1.04. The zero-order chi connectivity index (χ0) is 26.5. The Labute approximate surface area is 223 Å². The van der Waals surface area contributed by atoms with E-state index in [1.807, 2.05) is 54.7 Å². The van der Waals surface area contributed by atoms with Gasteiger partial charge in [-0.05, 0) is 77.9 Å². The first-order chi connectivity index (χ1) is 18.5. The summed E-state index contributed by atoms with van der Waals surface area (Å²) in [6.07, 6.45) is 4.47. The van der Waals surface area contributed by atoms with E-state index in [2.05, 4.69) is 11.1 Å². The van der Waals surface area contributed by atoms with Gasteiger partial charge in [-0.15, -0.1) is 0 Å². The van der Waals surface area contributed by atoms with E-state index in [1.54, 1.807) is 36.3 Å². The Bertz CT molecular complexity index is 1520. The molecular formula is C29H25N3O5S. The summed E-state index contributed by atoms with van der Waals surface area (Å²) in [7, 11) is 1.61. The Morgan fingerprint density at radius 3 is 2.53 bits per heavy atom. The van der Waals surface area contributed by atoms with Gasteiger partial charge in [0.2, 0.25) is 0 Å². The standard InChI is InChI=1S/C29H25N3O5S/c1-36-22-12-8-21(9-13-22)31-29-32(15-14-20-17-30-25-5-3-2-4-24(20)25)28(35)26(38-29)16-19-6-10-23(11-7-19)37-18-27(33)34/h2-13,16-17,30H,14-15,18H2,1H3,(H,33,34). The van der Waals surface area contributed by atoms with Gasteiger partial charge in [-0.2, -0.15) is 0 Å². The molecule has 0 aliphatic carbocycles. The first kappa shape index (κ1) is 25.2. The van der Waals surface area contributed by atoms with Crippen LogP contribution in [0.1, 0.15) is 11.1 Å². The lowest BCUT2D eigenvalue weighted by Gasteiger charge is -2.15.